The van der Waals surface area contributed by atoms with Crippen molar-refractivity contribution in [1.82, 2.24) is 0 Å². The monoisotopic (exact) mass is 184 g/mol. The Bertz CT molecular complexity index is 127. The lowest BCUT2D eigenvalue weighted by Crippen LogP contribution is -2.40. The van der Waals surface area contributed by atoms with Crippen molar-refractivity contribution in [3.05, 3.63) is 0 Å². The topological polar surface area (TPSA) is 9.23 Å². The second-order valence-electron chi connectivity index (χ2n) is 4.57. The van der Waals surface area contributed by atoms with Gasteiger partial charge in [0.05, 0.1) is 12.2 Å². The van der Waals surface area contributed by atoms with Crippen LogP contribution in [0.1, 0.15) is 65.2 Å². The van der Waals surface area contributed by atoms with Crippen LogP contribution in [0.15, 0.2) is 0 Å². The van der Waals surface area contributed by atoms with Gasteiger partial charge >= 0.3 is 0 Å². The molecular formula is C12H24O. The summed E-state index contributed by atoms with van der Waals surface area (Å²) < 4.78 is 5.55. The molecule has 78 valence electrons. The van der Waals surface area contributed by atoms with E-state index in [4.69, 9.17) is 4.74 Å². The minimum absolute atomic E-state index is 0.269. The molecule has 1 fully saturated rings. The molecule has 1 atom stereocenters. The van der Waals surface area contributed by atoms with Crippen LogP contribution >= 0.6 is 0 Å². The number of ether oxygens (including phenoxy) is 1. The largest absolute Gasteiger partial charge is 0.375 e. The van der Waals surface area contributed by atoms with Crippen LogP contribution in [0.3, 0.4) is 0 Å². The van der Waals surface area contributed by atoms with Gasteiger partial charge in [-0.25, -0.2) is 0 Å². The molecule has 0 aliphatic carbocycles. The van der Waals surface area contributed by atoms with E-state index in [2.05, 4.69) is 13.8 Å². The van der Waals surface area contributed by atoms with Crippen molar-refractivity contribution in [3.63, 3.8) is 0 Å². The van der Waals surface area contributed by atoms with E-state index in [1.807, 2.05) is 0 Å². The van der Waals surface area contributed by atoms with Crippen LogP contribution in [0.25, 0.3) is 0 Å². The standard InChI is InChI=1S/C12H24O/c1-3-4-5-6-7-8-9-12(2)10-11-13-12/h3-11H2,1-2H3/t12-/m1/s1. The third-order valence-electron chi connectivity index (χ3n) is 3.14. The number of hydrogen-bond donors (Lipinski definition) is 0. The summed E-state index contributed by atoms with van der Waals surface area (Å²) in [4.78, 5) is 0. The van der Waals surface area contributed by atoms with E-state index in [0.29, 0.717) is 0 Å². The zero-order chi connectivity index (χ0) is 9.57. The molecule has 0 unspecified atom stereocenters. The average Bonchev–Trinajstić information content (AvgIpc) is 2.08. The van der Waals surface area contributed by atoms with Crippen molar-refractivity contribution in [2.75, 3.05) is 6.61 Å². The molecule has 0 N–H and O–H groups in total. The normalized spacial score (nSPS) is 27.2. The van der Waals surface area contributed by atoms with E-state index in [-0.39, 0.29) is 5.60 Å². The first-order valence-corrected chi connectivity index (χ1v) is 5.91. The summed E-state index contributed by atoms with van der Waals surface area (Å²) in [5.41, 5.74) is 0.269. The van der Waals surface area contributed by atoms with Gasteiger partial charge in [0.25, 0.3) is 0 Å². The molecule has 1 aliphatic rings. The van der Waals surface area contributed by atoms with Gasteiger partial charge in [-0.3, -0.25) is 0 Å². The summed E-state index contributed by atoms with van der Waals surface area (Å²) in [7, 11) is 0. The van der Waals surface area contributed by atoms with Crippen LogP contribution in [0.4, 0.5) is 0 Å². The summed E-state index contributed by atoms with van der Waals surface area (Å²) in [5, 5.41) is 0. The first kappa shape index (κ1) is 11.0. The fourth-order valence-electron chi connectivity index (χ4n) is 1.93. The smallest absolute Gasteiger partial charge is 0.0676 e. The van der Waals surface area contributed by atoms with Crippen molar-refractivity contribution in [1.29, 1.82) is 0 Å². The second-order valence-corrected chi connectivity index (χ2v) is 4.57. The lowest BCUT2D eigenvalue weighted by atomic mass is 9.90. The van der Waals surface area contributed by atoms with E-state index in [1.165, 1.54) is 51.4 Å². The maximum Gasteiger partial charge on any atom is 0.0676 e. The second kappa shape index (κ2) is 5.64. The summed E-state index contributed by atoms with van der Waals surface area (Å²) in [6, 6.07) is 0. The van der Waals surface area contributed by atoms with Gasteiger partial charge in [0.1, 0.15) is 0 Å². The molecule has 1 heteroatoms. The lowest BCUT2D eigenvalue weighted by Gasteiger charge is -2.38. The Morgan fingerprint density at radius 2 is 1.69 bits per heavy atom. The van der Waals surface area contributed by atoms with E-state index in [9.17, 15) is 0 Å². The van der Waals surface area contributed by atoms with Crippen molar-refractivity contribution in [2.45, 2.75) is 70.8 Å². The Morgan fingerprint density at radius 3 is 2.23 bits per heavy atom. The Hall–Kier alpha value is -0.0400. The third-order valence-corrected chi connectivity index (χ3v) is 3.14. The van der Waals surface area contributed by atoms with Crippen molar-refractivity contribution in [3.8, 4) is 0 Å². The Kier molecular flexibility index (Phi) is 4.79. The third kappa shape index (κ3) is 4.12. The van der Waals surface area contributed by atoms with Crippen molar-refractivity contribution >= 4 is 0 Å². The molecular weight excluding hydrogens is 160 g/mol. The summed E-state index contributed by atoms with van der Waals surface area (Å²) in [6.07, 6.45) is 10.9. The summed E-state index contributed by atoms with van der Waals surface area (Å²) in [5.74, 6) is 0. The van der Waals surface area contributed by atoms with Crippen LogP contribution in [0, 0.1) is 0 Å². The first-order valence-electron chi connectivity index (χ1n) is 5.91. The minimum atomic E-state index is 0.269. The molecule has 1 saturated heterocycles. The first-order chi connectivity index (χ1) is 6.27. The number of unbranched alkanes of at least 4 members (excludes halogenated alkanes) is 5. The molecule has 0 radical (unpaired) electrons. The molecule has 0 aromatic heterocycles. The predicted octanol–water partition coefficient (Wildman–Crippen LogP) is 3.92. The Morgan fingerprint density at radius 1 is 1.08 bits per heavy atom. The highest BCUT2D eigenvalue weighted by Crippen LogP contribution is 2.31. The van der Waals surface area contributed by atoms with Crippen LogP contribution in [0.5, 0.6) is 0 Å². The quantitative estimate of drug-likeness (QED) is 0.545. The SMILES string of the molecule is CCCCCCCC[C@]1(C)CCO1. The molecule has 1 nitrogen and oxygen atoms in total. The maximum absolute atomic E-state index is 5.55. The van der Waals surface area contributed by atoms with Gasteiger partial charge in [0, 0.05) is 0 Å². The molecule has 0 aromatic carbocycles. The van der Waals surface area contributed by atoms with Gasteiger partial charge in [0.2, 0.25) is 0 Å². The van der Waals surface area contributed by atoms with Crippen LogP contribution in [-0.4, -0.2) is 12.2 Å². The average molecular weight is 184 g/mol. The highest BCUT2D eigenvalue weighted by molar-refractivity contribution is 4.81. The van der Waals surface area contributed by atoms with Gasteiger partial charge < -0.3 is 4.74 Å². The van der Waals surface area contributed by atoms with Crippen molar-refractivity contribution in [2.24, 2.45) is 0 Å². The molecule has 0 aromatic rings. The molecule has 0 saturated carbocycles. The summed E-state index contributed by atoms with van der Waals surface area (Å²) >= 11 is 0. The van der Waals surface area contributed by atoms with Gasteiger partial charge in [0.15, 0.2) is 0 Å². The molecule has 1 heterocycles. The number of rotatable bonds is 7. The molecule has 0 bridgehead atoms. The molecule has 0 spiro atoms. The Labute approximate surface area is 82.9 Å². The lowest BCUT2D eigenvalue weighted by molar-refractivity contribution is -0.139. The van der Waals surface area contributed by atoms with Gasteiger partial charge in [-0.05, 0) is 19.8 Å². The summed E-state index contributed by atoms with van der Waals surface area (Å²) in [6.45, 7) is 5.51. The Balaban J connectivity index is 1.83. The van der Waals surface area contributed by atoms with Gasteiger partial charge in [-0.15, -0.1) is 0 Å². The molecule has 1 aliphatic heterocycles. The van der Waals surface area contributed by atoms with E-state index in [1.54, 1.807) is 0 Å². The minimum Gasteiger partial charge on any atom is -0.375 e. The van der Waals surface area contributed by atoms with Gasteiger partial charge in [-0.1, -0.05) is 45.4 Å². The van der Waals surface area contributed by atoms with E-state index in [0.717, 1.165) is 6.61 Å². The van der Waals surface area contributed by atoms with Gasteiger partial charge in [-0.2, -0.15) is 0 Å². The van der Waals surface area contributed by atoms with Crippen LogP contribution < -0.4 is 0 Å². The highest BCUT2D eigenvalue weighted by atomic mass is 16.5. The molecule has 1 rings (SSSR count). The van der Waals surface area contributed by atoms with Crippen molar-refractivity contribution < 1.29 is 4.74 Å². The van der Waals surface area contributed by atoms with Crippen LogP contribution in [-0.2, 0) is 4.74 Å². The maximum atomic E-state index is 5.55. The number of hydrogen-bond acceptors (Lipinski definition) is 1. The zero-order valence-electron chi connectivity index (χ0n) is 9.27. The van der Waals surface area contributed by atoms with E-state index < -0.39 is 0 Å². The molecule has 13 heavy (non-hydrogen) atoms. The fourth-order valence-corrected chi connectivity index (χ4v) is 1.93. The molecule has 0 amide bonds. The highest BCUT2D eigenvalue weighted by Gasteiger charge is 2.31. The zero-order valence-corrected chi connectivity index (χ0v) is 9.27. The van der Waals surface area contributed by atoms with E-state index >= 15 is 0 Å². The van der Waals surface area contributed by atoms with Crippen LogP contribution in [0.2, 0.25) is 0 Å². The fraction of sp³-hybridized carbons (Fsp3) is 1.00. The predicted molar refractivity (Wildman–Crippen MR) is 57.0 cm³/mol.